The average molecular weight is 481 g/mol. The molecule has 0 spiro atoms. The zero-order valence-corrected chi connectivity index (χ0v) is 21.4. The molecule has 1 aliphatic heterocycles. The summed E-state index contributed by atoms with van der Waals surface area (Å²) in [5.41, 5.74) is 7.16. The van der Waals surface area contributed by atoms with Crippen molar-refractivity contribution < 1.29 is 0 Å². The van der Waals surface area contributed by atoms with E-state index >= 15 is 0 Å². The number of nitrogens with one attached hydrogen (secondary N) is 1. The van der Waals surface area contributed by atoms with Crippen LogP contribution < -0.4 is 4.90 Å². The van der Waals surface area contributed by atoms with E-state index in [0.717, 1.165) is 56.6 Å². The van der Waals surface area contributed by atoms with Crippen molar-refractivity contribution in [1.82, 2.24) is 9.88 Å². The second kappa shape index (κ2) is 10.6. The summed E-state index contributed by atoms with van der Waals surface area (Å²) in [6.45, 7) is 9.77. The Kier molecular flexibility index (Phi) is 7.13. The summed E-state index contributed by atoms with van der Waals surface area (Å²) in [5, 5.41) is 10.4. The molecule has 0 bridgehead atoms. The van der Waals surface area contributed by atoms with Gasteiger partial charge in [0, 0.05) is 53.1 Å². The van der Waals surface area contributed by atoms with Crippen molar-refractivity contribution in [2.24, 2.45) is 0 Å². The first-order valence-corrected chi connectivity index (χ1v) is 13.2. The Morgan fingerprint density at radius 1 is 0.943 bits per heavy atom. The minimum absolute atomic E-state index is 0.727. The molecule has 3 aromatic carbocycles. The van der Waals surface area contributed by atoms with Gasteiger partial charge in [0.2, 0.25) is 0 Å². The standard InChI is InChI=1S/C30H32N4S/c1-22-9-12-29(23(2)18-22)35-30-8-4-3-7-28(30)34-16-14-33(15-17-34)13-5-6-25-21-32-27-11-10-24(20-31)19-26(25)27/h3-4,7-12,18-19,21,32H,5-6,13-17H2,1-2H3. The average Bonchev–Trinajstić information content (AvgIpc) is 3.28. The van der Waals surface area contributed by atoms with Crippen LogP contribution in [0.25, 0.3) is 10.9 Å². The van der Waals surface area contributed by atoms with Crippen LogP contribution in [-0.2, 0) is 6.42 Å². The summed E-state index contributed by atoms with van der Waals surface area (Å²) in [6, 6.07) is 23.7. The van der Waals surface area contributed by atoms with Gasteiger partial charge in [0.1, 0.15) is 0 Å². The van der Waals surface area contributed by atoms with Gasteiger partial charge in [-0.2, -0.15) is 5.26 Å². The van der Waals surface area contributed by atoms with Crippen LogP contribution in [0.3, 0.4) is 0 Å². The highest BCUT2D eigenvalue weighted by atomic mass is 32.2. The van der Waals surface area contributed by atoms with Crippen molar-refractivity contribution in [2.75, 3.05) is 37.6 Å². The molecule has 1 aliphatic rings. The number of aromatic nitrogens is 1. The van der Waals surface area contributed by atoms with Gasteiger partial charge in [-0.25, -0.2) is 0 Å². The van der Waals surface area contributed by atoms with Crippen molar-refractivity contribution in [3.05, 3.63) is 89.1 Å². The Morgan fingerprint density at radius 3 is 2.57 bits per heavy atom. The first kappa shape index (κ1) is 23.5. The molecule has 5 rings (SSSR count). The maximum Gasteiger partial charge on any atom is 0.0991 e. The van der Waals surface area contributed by atoms with Crippen molar-refractivity contribution >= 4 is 28.4 Å². The van der Waals surface area contributed by atoms with E-state index in [1.165, 1.54) is 37.6 Å². The molecule has 5 heteroatoms. The van der Waals surface area contributed by atoms with Crippen LogP contribution in [0, 0.1) is 25.2 Å². The maximum absolute atomic E-state index is 9.22. The molecule has 0 saturated carbocycles. The third-order valence-electron chi connectivity index (χ3n) is 6.95. The lowest BCUT2D eigenvalue weighted by atomic mass is 10.1. The van der Waals surface area contributed by atoms with Gasteiger partial charge in [-0.1, -0.05) is 41.6 Å². The molecule has 0 atom stereocenters. The van der Waals surface area contributed by atoms with E-state index in [0.29, 0.717) is 0 Å². The van der Waals surface area contributed by atoms with Crippen LogP contribution in [0.15, 0.2) is 76.7 Å². The van der Waals surface area contributed by atoms with Gasteiger partial charge < -0.3 is 9.88 Å². The fraction of sp³-hybridized carbons (Fsp3) is 0.300. The van der Waals surface area contributed by atoms with Crippen LogP contribution in [0.5, 0.6) is 0 Å². The summed E-state index contributed by atoms with van der Waals surface area (Å²) in [4.78, 5) is 11.2. The van der Waals surface area contributed by atoms with Crippen molar-refractivity contribution in [1.29, 1.82) is 5.26 Å². The van der Waals surface area contributed by atoms with Gasteiger partial charge in [0.05, 0.1) is 17.3 Å². The molecule has 35 heavy (non-hydrogen) atoms. The molecule has 1 N–H and O–H groups in total. The molecule has 0 radical (unpaired) electrons. The van der Waals surface area contributed by atoms with Crippen LogP contribution in [0.4, 0.5) is 5.69 Å². The molecular weight excluding hydrogens is 448 g/mol. The lowest BCUT2D eigenvalue weighted by Crippen LogP contribution is -2.46. The van der Waals surface area contributed by atoms with E-state index in [1.807, 2.05) is 30.0 Å². The topological polar surface area (TPSA) is 46.1 Å². The number of rotatable bonds is 7. The van der Waals surface area contributed by atoms with Gasteiger partial charge in [0.25, 0.3) is 0 Å². The Balaban J connectivity index is 1.17. The van der Waals surface area contributed by atoms with Crippen molar-refractivity contribution in [2.45, 2.75) is 36.5 Å². The summed E-state index contributed by atoms with van der Waals surface area (Å²) >= 11 is 1.88. The van der Waals surface area contributed by atoms with Crippen molar-refractivity contribution in [3.8, 4) is 6.07 Å². The highest BCUT2D eigenvalue weighted by Crippen LogP contribution is 2.37. The number of benzene rings is 3. The zero-order valence-electron chi connectivity index (χ0n) is 20.6. The number of nitrogens with zero attached hydrogens (tertiary/aromatic N) is 3. The Hall–Kier alpha value is -3.20. The Labute approximate surface area is 212 Å². The van der Waals surface area contributed by atoms with Crippen LogP contribution >= 0.6 is 11.8 Å². The first-order valence-electron chi connectivity index (χ1n) is 12.4. The van der Waals surface area contributed by atoms with Crippen LogP contribution in [0.1, 0.15) is 28.7 Å². The van der Waals surface area contributed by atoms with E-state index in [1.54, 1.807) is 0 Å². The molecule has 2 heterocycles. The number of piperazine rings is 1. The van der Waals surface area contributed by atoms with E-state index < -0.39 is 0 Å². The predicted molar refractivity (Wildman–Crippen MR) is 146 cm³/mol. The third kappa shape index (κ3) is 5.40. The van der Waals surface area contributed by atoms with E-state index in [2.05, 4.69) is 83.4 Å². The molecule has 1 aromatic heterocycles. The minimum Gasteiger partial charge on any atom is -0.368 e. The molecule has 0 amide bonds. The number of fused-ring (bicyclic) bond motifs is 1. The number of anilines is 1. The second-order valence-electron chi connectivity index (χ2n) is 9.46. The molecule has 178 valence electrons. The summed E-state index contributed by atoms with van der Waals surface area (Å²) in [6.07, 6.45) is 4.27. The van der Waals surface area contributed by atoms with Gasteiger partial charge in [-0.3, -0.25) is 4.90 Å². The molecule has 0 unspecified atom stereocenters. The van der Waals surface area contributed by atoms with Crippen LogP contribution in [0.2, 0.25) is 0 Å². The monoisotopic (exact) mass is 480 g/mol. The smallest absolute Gasteiger partial charge is 0.0991 e. The maximum atomic E-state index is 9.22. The number of aromatic amines is 1. The summed E-state index contributed by atoms with van der Waals surface area (Å²) < 4.78 is 0. The SMILES string of the molecule is Cc1ccc(Sc2ccccc2N2CCN(CCCc3c[nH]c4ccc(C#N)cc34)CC2)c(C)c1. The largest absolute Gasteiger partial charge is 0.368 e. The number of hydrogen-bond acceptors (Lipinski definition) is 4. The predicted octanol–water partition coefficient (Wildman–Crippen LogP) is 6.56. The molecule has 1 saturated heterocycles. The Morgan fingerprint density at radius 2 is 1.77 bits per heavy atom. The molecule has 4 nitrogen and oxygen atoms in total. The normalized spacial score (nSPS) is 14.4. The lowest BCUT2D eigenvalue weighted by molar-refractivity contribution is 0.255. The second-order valence-corrected chi connectivity index (χ2v) is 10.5. The van der Waals surface area contributed by atoms with E-state index in [4.69, 9.17) is 0 Å². The molecular formula is C30H32N4S. The number of aryl methyl sites for hydroxylation is 3. The lowest BCUT2D eigenvalue weighted by Gasteiger charge is -2.37. The highest BCUT2D eigenvalue weighted by Gasteiger charge is 2.19. The van der Waals surface area contributed by atoms with Gasteiger partial charge in [-0.15, -0.1) is 0 Å². The fourth-order valence-electron chi connectivity index (χ4n) is 5.00. The zero-order chi connectivity index (χ0) is 24.2. The van der Waals surface area contributed by atoms with Crippen molar-refractivity contribution in [3.63, 3.8) is 0 Å². The van der Waals surface area contributed by atoms with Gasteiger partial charge >= 0.3 is 0 Å². The van der Waals surface area contributed by atoms with Crippen LogP contribution in [-0.4, -0.2) is 42.6 Å². The van der Waals surface area contributed by atoms with E-state index in [9.17, 15) is 5.26 Å². The molecule has 0 aliphatic carbocycles. The molecule has 4 aromatic rings. The molecule has 1 fully saturated rings. The Bertz CT molecular complexity index is 1360. The number of H-pyrrole nitrogens is 1. The number of hydrogen-bond donors (Lipinski definition) is 1. The number of nitriles is 1. The highest BCUT2D eigenvalue weighted by molar-refractivity contribution is 7.99. The first-order chi connectivity index (χ1) is 17.1. The summed E-state index contributed by atoms with van der Waals surface area (Å²) in [7, 11) is 0. The van der Waals surface area contributed by atoms with Gasteiger partial charge in [0.15, 0.2) is 0 Å². The van der Waals surface area contributed by atoms with Gasteiger partial charge in [-0.05, 0) is 80.8 Å². The number of para-hydroxylation sites is 1. The van der Waals surface area contributed by atoms with E-state index in [-0.39, 0.29) is 0 Å². The summed E-state index contributed by atoms with van der Waals surface area (Å²) in [5.74, 6) is 0. The quantitative estimate of drug-likeness (QED) is 0.325. The third-order valence-corrected chi connectivity index (χ3v) is 8.19. The minimum atomic E-state index is 0.727. The fourth-order valence-corrected chi connectivity index (χ4v) is 6.04.